The predicted molar refractivity (Wildman–Crippen MR) is 85.0 cm³/mol. The summed E-state index contributed by atoms with van der Waals surface area (Å²) in [7, 11) is 0. The summed E-state index contributed by atoms with van der Waals surface area (Å²) >= 11 is 1.32. The molecule has 0 aromatic heterocycles. The van der Waals surface area contributed by atoms with Crippen LogP contribution in [0.3, 0.4) is 0 Å². The number of hydrogen-bond donors (Lipinski definition) is 3. The van der Waals surface area contributed by atoms with E-state index < -0.39 is 35.3 Å². The van der Waals surface area contributed by atoms with Gasteiger partial charge in [0.25, 0.3) is 5.91 Å². The van der Waals surface area contributed by atoms with E-state index in [1.165, 1.54) is 18.7 Å². The van der Waals surface area contributed by atoms with Crippen molar-refractivity contribution in [2.45, 2.75) is 31.7 Å². The molecule has 2 rings (SSSR count). The van der Waals surface area contributed by atoms with Gasteiger partial charge in [0.15, 0.2) is 0 Å². The third kappa shape index (κ3) is 3.64. The van der Waals surface area contributed by atoms with Crippen LogP contribution in [0.15, 0.2) is 11.3 Å². The van der Waals surface area contributed by atoms with Crippen LogP contribution < -0.4 is 10.6 Å². The fourth-order valence-corrected chi connectivity index (χ4v) is 3.74. The molecule has 2 aliphatic rings. The number of carboxylic acid groups (broad SMARTS) is 1. The molecule has 0 aliphatic carbocycles. The summed E-state index contributed by atoms with van der Waals surface area (Å²) < 4.78 is 4.85. The van der Waals surface area contributed by atoms with Gasteiger partial charge in [-0.2, -0.15) is 0 Å². The molecular weight excluding hydrogens is 338 g/mol. The minimum absolute atomic E-state index is 0.169. The van der Waals surface area contributed by atoms with Crippen molar-refractivity contribution in [3.8, 4) is 0 Å². The number of esters is 1. The van der Waals surface area contributed by atoms with Crippen LogP contribution in [-0.4, -0.2) is 64.2 Å². The number of nitrogens with zero attached hydrogens (tertiary/aromatic N) is 1. The van der Waals surface area contributed by atoms with Crippen molar-refractivity contribution in [1.82, 2.24) is 15.5 Å². The standard InChI is InChI=1S/C14H19N3O6S/c1-3-4-15-14(22)16-9-11(19)17-10(13(20)21)8(5-23-7(2)18)6-24-12(9)17/h9,12H,3-6H2,1-2H3,(H,20,21)(H2,15,16,22)/t9-,12-/m1/s1. The van der Waals surface area contributed by atoms with Gasteiger partial charge >= 0.3 is 18.0 Å². The minimum Gasteiger partial charge on any atom is -0.477 e. The van der Waals surface area contributed by atoms with Gasteiger partial charge in [-0.05, 0) is 6.42 Å². The van der Waals surface area contributed by atoms with E-state index in [1.807, 2.05) is 6.92 Å². The second-order valence-corrected chi connectivity index (χ2v) is 6.43. The Balaban J connectivity index is 2.09. The van der Waals surface area contributed by atoms with Gasteiger partial charge in [0, 0.05) is 24.8 Å². The summed E-state index contributed by atoms with van der Waals surface area (Å²) in [6.45, 7) is 3.45. The normalized spacial score (nSPS) is 22.4. The molecule has 1 fully saturated rings. The molecule has 3 amide bonds. The monoisotopic (exact) mass is 357 g/mol. The molecule has 2 aliphatic heterocycles. The van der Waals surface area contributed by atoms with E-state index in [4.69, 9.17) is 4.74 Å². The van der Waals surface area contributed by atoms with Crippen molar-refractivity contribution in [3.63, 3.8) is 0 Å². The van der Waals surface area contributed by atoms with E-state index in [-0.39, 0.29) is 12.3 Å². The van der Waals surface area contributed by atoms with Gasteiger partial charge in [-0.3, -0.25) is 14.5 Å². The molecule has 3 N–H and O–H groups in total. The first-order chi connectivity index (χ1) is 11.4. The lowest BCUT2D eigenvalue weighted by Gasteiger charge is -2.49. The highest BCUT2D eigenvalue weighted by Gasteiger charge is 2.54. The van der Waals surface area contributed by atoms with E-state index in [1.54, 1.807) is 0 Å². The zero-order valence-electron chi connectivity index (χ0n) is 13.3. The SMILES string of the molecule is CCCNC(=O)N[C@@H]1C(=O)N2C(C(=O)O)=C(COC(C)=O)CS[C@H]12. The van der Waals surface area contributed by atoms with E-state index in [0.29, 0.717) is 17.9 Å². The maximum Gasteiger partial charge on any atom is 0.352 e. The van der Waals surface area contributed by atoms with Gasteiger partial charge in [-0.15, -0.1) is 11.8 Å². The van der Waals surface area contributed by atoms with E-state index in [2.05, 4.69) is 10.6 Å². The number of amides is 3. The van der Waals surface area contributed by atoms with E-state index in [9.17, 15) is 24.3 Å². The molecule has 0 saturated carbocycles. The van der Waals surface area contributed by atoms with Crippen LogP contribution in [0.2, 0.25) is 0 Å². The summed E-state index contributed by atoms with van der Waals surface area (Å²) in [5, 5.41) is 14.1. The highest BCUT2D eigenvalue weighted by atomic mass is 32.2. The molecule has 2 heterocycles. The van der Waals surface area contributed by atoms with Crippen LogP contribution in [-0.2, 0) is 19.1 Å². The third-order valence-corrected chi connectivity index (χ3v) is 4.86. The second-order valence-electron chi connectivity index (χ2n) is 5.33. The quantitative estimate of drug-likeness (QED) is 0.447. The number of β-lactam (4-membered cyclic amide) rings is 1. The molecule has 0 bridgehead atoms. The molecule has 0 radical (unpaired) electrons. The van der Waals surface area contributed by atoms with Crippen LogP contribution in [0.1, 0.15) is 20.3 Å². The maximum atomic E-state index is 12.3. The Morgan fingerprint density at radius 1 is 1.42 bits per heavy atom. The Labute approximate surface area is 142 Å². The number of thioether (sulfide) groups is 1. The molecule has 0 aromatic rings. The van der Waals surface area contributed by atoms with Crippen molar-refractivity contribution < 1.29 is 29.0 Å². The zero-order chi connectivity index (χ0) is 17.9. The van der Waals surface area contributed by atoms with Crippen LogP contribution >= 0.6 is 11.8 Å². The number of nitrogens with one attached hydrogen (secondary N) is 2. The van der Waals surface area contributed by atoms with Crippen LogP contribution in [0.4, 0.5) is 4.79 Å². The first-order valence-corrected chi connectivity index (χ1v) is 8.49. The average molecular weight is 357 g/mol. The number of aliphatic carboxylic acids is 1. The molecule has 10 heteroatoms. The number of carbonyl (C=O) groups excluding carboxylic acids is 3. The van der Waals surface area contributed by atoms with Gasteiger partial charge in [0.05, 0.1) is 0 Å². The van der Waals surface area contributed by atoms with Crippen LogP contribution in [0.25, 0.3) is 0 Å². The molecular formula is C14H19N3O6S. The number of hydrogen-bond acceptors (Lipinski definition) is 6. The summed E-state index contributed by atoms with van der Waals surface area (Å²) in [5.74, 6) is -1.97. The first kappa shape index (κ1) is 18.1. The molecule has 0 unspecified atom stereocenters. The highest BCUT2D eigenvalue weighted by Crippen LogP contribution is 2.40. The summed E-state index contributed by atoms with van der Waals surface area (Å²) in [5.41, 5.74) is 0.193. The maximum absolute atomic E-state index is 12.3. The number of ether oxygens (including phenoxy) is 1. The van der Waals surface area contributed by atoms with Crippen molar-refractivity contribution >= 4 is 35.6 Å². The number of rotatable bonds is 6. The lowest BCUT2D eigenvalue weighted by molar-refractivity contribution is -0.149. The molecule has 132 valence electrons. The first-order valence-electron chi connectivity index (χ1n) is 7.44. The highest BCUT2D eigenvalue weighted by molar-refractivity contribution is 8.00. The van der Waals surface area contributed by atoms with Crippen LogP contribution in [0.5, 0.6) is 0 Å². The topological polar surface area (TPSA) is 125 Å². The number of carboxylic acids is 1. The molecule has 9 nitrogen and oxygen atoms in total. The van der Waals surface area contributed by atoms with Gasteiger partial charge in [-0.1, -0.05) is 6.92 Å². The molecule has 0 aromatic carbocycles. The predicted octanol–water partition coefficient (Wildman–Crippen LogP) is -0.119. The Hall–Kier alpha value is -2.23. The fraction of sp³-hybridized carbons (Fsp3) is 0.571. The molecule has 1 saturated heterocycles. The largest absolute Gasteiger partial charge is 0.477 e. The fourth-order valence-electron chi connectivity index (χ4n) is 2.41. The number of carbonyl (C=O) groups is 4. The van der Waals surface area contributed by atoms with Crippen molar-refractivity contribution in [2.75, 3.05) is 18.9 Å². The summed E-state index contributed by atoms with van der Waals surface area (Å²) in [6.07, 6.45) is 0.766. The van der Waals surface area contributed by atoms with Gasteiger partial charge in [-0.25, -0.2) is 9.59 Å². The average Bonchev–Trinajstić information content (AvgIpc) is 2.54. The lowest BCUT2D eigenvalue weighted by atomic mass is 10.0. The number of fused-ring (bicyclic) bond motifs is 1. The molecule has 0 spiro atoms. The molecule has 2 atom stereocenters. The van der Waals surface area contributed by atoms with Gasteiger partial charge < -0.3 is 20.5 Å². The van der Waals surface area contributed by atoms with Gasteiger partial charge in [0.1, 0.15) is 23.7 Å². The Morgan fingerprint density at radius 3 is 2.71 bits per heavy atom. The smallest absolute Gasteiger partial charge is 0.352 e. The summed E-state index contributed by atoms with van der Waals surface area (Å²) in [4.78, 5) is 47.5. The zero-order valence-corrected chi connectivity index (χ0v) is 14.1. The summed E-state index contributed by atoms with van der Waals surface area (Å²) in [6, 6.07) is -1.22. The van der Waals surface area contributed by atoms with E-state index in [0.717, 1.165) is 11.3 Å². The lowest BCUT2D eigenvalue weighted by Crippen LogP contribution is -2.71. The Morgan fingerprint density at radius 2 is 2.12 bits per heavy atom. The van der Waals surface area contributed by atoms with E-state index >= 15 is 0 Å². The number of urea groups is 1. The molecule has 24 heavy (non-hydrogen) atoms. The minimum atomic E-state index is -1.26. The van der Waals surface area contributed by atoms with Gasteiger partial charge in [0.2, 0.25) is 0 Å². The Kier molecular flexibility index (Phi) is 5.71. The third-order valence-electron chi connectivity index (χ3n) is 3.52. The van der Waals surface area contributed by atoms with Crippen molar-refractivity contribution in [2.24, 2.45) is 0 Å². The van der Waals surface area contributed by atoms with Crippen molar-refractivity contribution in [3.05, 3.63) is 11.3 Å². The Bertz CT molecular complexity index is 605. The van der Waals surface area contributed by atoms with Crippen molar-refractivity contribution in [1.29, 1.82) is 0 Å². The second kappa shape index (κ2) is 7.56. The van der Waals surface area contributed by atoms with Crippen LogP contribution in [0, 0.1) is 0 Å².